The Labute approximate surface area is 201 Å². The molecule has 0 aliphatic carbocycles. The van der Waals surface area contributed by atoms with Crippen molar-refractivity contribution in [3.8, 4) is 0 Å². The number of hydrogen-bond donors (Lipinski definition) is 1. The Balaban J connectivity index is 0.00000341. The van der Waals surface area contributed by atoms with Crippen molar-refractivity contribution in [1.82, 2.24) is 10.2 Å². The van der Waals surface area contributed by atoms with Gasteiger partial charge in [-0.1, -0.05) is 47.5 Å². The lowest BCUT2D eigenvalue weighted by molar-refractivity contribution is 0.0598. The quantitative estimate of drug-likeness (QED) is 0.482. The minimum Gasteiger partial charge on any atom is -0.465 e. The number of likely N-dealkylation sites (tertiary alicyclic amines) is 1. The van der Waals surface area contributed by atoms with Crippen LogP contribution >= 0.6 is 35.6 Å². The van der Waals surface area contributed by atoms with E-state index in [1.165, 1.54) is 12.7 Å². The molecular formula is C24H31Cl3N2O2. The highest BCUT2D eigenvalue weighted by molar-refractivity contribution is 6.42. The van der Waals surface area contributed by atoms with Gasteiger partial charge in [0.05, 0.1) is 22.7 Å². The lowest BCUT2D eigenvalue weighted by Gasteiger charge is -2.33. The molecule has 31 heavy (non-hydrogen) atoms. The maximum atomic E-state index is 12.1. The van der Waals surface area contributed by atoms with Crippen LogP contribution in [0.25, 0.3) is 0 Å². The highest BCUT2D eigenvalue weighted by Crippen LogP contribution is 2.32. The van der Waals surface area contributed by atoms with Crippen LogP contribution < -0.4 is 5.32 Å². The van der Waals surface area contributed by atoms with Gasteiger partial charge in [0.1, 0.15) is 0 Å². The summed E-state index contributed by atoms with van der Waals surface area (Å²) >= 11 is 12.3. The SMILES string of the molecule is CNCC(CCN1CCC(c2ccccc2C(=O)OC)CC1)c1ccc(Cl)c(Cl)c1.Cl. The van der Waals surface area contributed by atoms with Crippen LogP contribution in [-0.4, -0.2) is 51.2 Å². The van der Waals surface area contributed by atoms with E-state index in [2.05, 4.69) is 22.3 Å². The van der Waals surface area contributed by atoms with Crippen LogP contribution in [0, 0.1) is 0 Å². The Morgan fingerprint density at radius 1 is 1.16 bits per heavy atom. The first-order valence-electron chi connectivity index (χ1n) is 10.5. The summed E-state index contributed by atoms with van der Waals surface area (Å²) in [5.74, 6) is 0.548. The second-order valence-electron chi connectivity index (χ2n) is 7.91. The molecule has 1 fully saturated rings. The fourth-order valence-electron chi connectivity index (χ4n) is 4.35. The van der Waals surface area contributed by atoms with Crippen LogP contribution in [0.2, 0.25) is 10.0 Å². The van der Waals surface area contributed by atoms with Crippen molar-refractivity contribution in [2.24, 2.45) is 0 Å². The average Bonchev–Trinajstić information content (AvgIpc) is 2.78. The Kier molecular flexibility index (Phi) is 10.6. The second-order valence-corrected chi connectivity index (χ2v) is 8.73. The zero-order valence-corrected chi connectivity index (χ0v) is 20.4. The monoisotopic (exact) mass is 484 g/mol. The summed E-state index contributed by atoms with van der Waals surface area (Å²) in [7, 11) is 3.42. The average molecular weight is 486 g/mol. The lowest BCUT2D eigenvalue weighted by atomic mass is 9.86. The van der Waals surface area contributed by atoms with Crippen LogP contribution in [0.5, 0.6) is 0 Å². The van der Waals surface area contributed by atoms with Gasteiger partial charge in [0, 0.05) is 6.54 Å². The number of hydrogen-bond acceptors (Lipinski definition) is 4. The summed E-state index contributed by atoms with van der Waals surface area (Å²) in [4.78, 5) is 14.6. The topological polar surface area (TPSA) is 41.6 Å². The van der Waals surface area contributed by atoms with Crippen LogP contribution in [0.15, 0.2) is 42.5 Å². The Hall–Kier alpha value is -1.30. The van der Waals surface area contributed by atoms with Crippen LogP contribution in [-0.2, 0) is 4.74 Å². The molecule has 1 aliphatic heterocycles. The van der Waals surface area contributed by atoms with Gasteiger partial charge >= 0.3 is 5.97 Å². The normalized spacial score (nSPS) is 15.9. The van der Waals surface area contributed by atoms with Crippen LogP contribution in [0.1, 0.15) is 52.6 Å². The zero-order valence-electron chi connectivity index (χ0n) is 18.1. The van der Waals surface area contributed by atoms with Crippen molar-refractivity contribution >= 4 is 41.6 Å². The van der Waals surface area contributed by atoms with Gasteiger partial charge in [0.25, 0.3) is 0 Å². The molecule has 0 bridgehead atoms. The molecular weight excluding hydrogens is 455 g/mol. The molecule has 1 aliphatic rings. The Bertz CT molecular complexity index is 854. The number of nitrogens with one attached hydrogen (secondary N) is 1. The summed E-state index contributed by atoms with van der Waals surface area (Å²) in [5.41, 5.74) is 3.04. The van der Waals surface area contributed by atoms with E-state index in [0.717, 1.165) is 51.0 Å². The van der Waals surface area contributed by atoms with Crippen molar-refractivity contribution in [1.29, 1.82) is 0 Å². The van der Waals surface area contributed by atoms with Gasteiger partial charge in [0.15, 0.2) is 0 Å². The minimum atomic E-state index is -0.246. The largest absolute Gasteiger partial charge is 0.465 e. The van der Waals surface area contributed by atoms with Gasteiger partial charge < -0.3 is 15.0 Å². The molecule has 0 aromatic heterocycles. The molecule has 2 aromatic rings. The Morgan fingerprint density at radius 3 is 2.52 bits per heavy atom. The van der Waals surface area contributed by atoms with E-state index in [0.29, 0.717) is 27.4 Å². The first-order chi connectivity index (χ1) is 14.5. The number of rotatable bonds is 8. The summed E-state index contributed by atoms with van der Waals surface area (Å²) in [6.45, 7) is 4.01. The van der Waals surface area contributed by atoms with Gasteiger partial charge in [-0.3, -0.25) is 0 Å². The second kappa shape index (κ2) is 12.7. The molecule has 0 spiro atoms. The smallest absolute Gasteiger partial charge is 0.338 e. The highest BCUT2D eigenvalue weighted by atomic mass is 35.5. The fraction of sp³-hybridized carbons (Fsp3) is 0.458. The molecule has 1 atom stereocenters. The maximum Gasteiger partial charge on any atom is 0.338 e. The van der Waals surface area contributed by atoms with E-state index in [9.17, 15) is 4.79 Å². The molecule has 1 unspecified atom stereocenters. The number of nitrogens with zero attached hydrogens (tertiary/aromatic N) is 1. The van der Waals surface area contributed by atoms with Crippen molar-refractivity contribution < 1.29 is 9.53 Å². The highest BCUT2D eigenvalue weighted by Gasteiger charge is 2.25. The van der Waals surface area contributed by atoms with Crippen molar-refractivity contribution in [3.63, 3.8) is 0 Å². The molecule has 1 heterocycles. The van der Waals surface area contributed by atoms with Gasteiger partial charge in [-0.05, 0) is 87.1 Å². The summed E-state index contributed by atoms with van der Waals surface area (Å²) < 4.78 is 4.96. The molecule has 7 heteroatoms. The molecule has 0 amide bonds. The molecule has 0 saturated carbocycles. The predicted octanol–water partition coefficient (Wildman–Crippen LogP) is 5.77. The first-order valence-corrected chi connectivity index (χ1v) is 11.3. The molecule has 4 nitrogen and oxygen atoms in total. The number of piperidine rings is 1. The number of halogens is 3. The van der Waals surface area contributed by atoms with E-state index in [4.69, 9.17) is 27.9 Å². The molecule has 2 aromatic carbocycles. The minimum absolute atomic E-state index is 0. The number of methoxy groups -OCH3 is 1. The molecule has 0 radical (unpaired) electrons. The van der Waals surface area contributed by atoms with E-state index in [-0.39, 0.29) is 18.4 Å². The van der Waals surface area contributed by atoms with Crippen molar-refractivity contribution in [2.75, 3.05) is 40.3 Å². The van der Waals surface area contributed by atoms with Crippen molar-refractivity contribution in [3.05, 3.63) is 69.2 Å². The zero-order chi connectivity index (χ0) is 21.5. The third-order valence-electron chi connectivity index (χ3n) is 6.05. The number of ether oxygens (including phenoxy) is 1. The standard InChI is InChI=1S/C24H30Cl2N2O2.ClH/c1-27-16-19(18-7-8-22(25)23(26)15-18)11-14-28-12-9-17(10-13-28)20-5-3-4-6-21(20)24(29)30-2;/h3-8,15,17,19,27H,9-14,16H2,1-2H3;1H. The molecule has 170 valence electrons. The van der Waals surface area contributed by atoms with Gasteiger partial charge in [-0.25, -0.2) is 4.79 Å². The number of benzene rings is 2. The fourth-order valence-corrected chi connectivity index (χ4v) is 4.66. The molecule has 3 rings (SSSR count). The number of likely N-dealkylation sites (N-methyl/N-ethyl adjacent to an activating group) is 1. The van der Waals surface area contributed by atoms with E-state index in [1.807, 2.05) is 37.4 Å². The van der Waals surface area contributed by atoms with Gasteiger partial charge in [-0.15, -0.1) is 12.4 Å². The first kappa shape index (κ1) is 26.0. The van der Waals surface area contributed by atoms with Crippen molar-refractivity contribution in [2.45, 2.75) is 31.1 Å². The Morgan fingerprint density at radius 2 is 1.87 bits per heavy atom. The van der Waals surface area contributed by atoms with E-state index >= 15 is 0 Å². The predicted molar refractivity (Wildman–Crippen MR) is 131 cm³/mol. The van der Waals surface area contributed by atoms with Gasteiger partial charge in [0.2, 0.25) is 0 Å². The maximum absolute atomic E-state index is 12.1. The summed E-state index contributed by atoms with van der Waals surface area (Å²) in [5, 5.41) is 4.51. The lowest BCUT2D eigenvalue weighted by Crippen LogP contribution is -2.35. The van der Waals surface area contributed by atoms with Crippen LogP contribution in [0.4, 0.5) is 0 Å². The molecule has 1 N–H and O–H groups in total. The van der Waals surface area contributed by atoms with Crippen LogP contribution in [0.3, 0.4) is 0 Å². The number of esters is 1. The number of carbonyl (C=O) groups is 1. The van der Waals surface area contributed by atoms with Gasteiger partial charge in [-0.2, -0.15) is 0 Å². The third-order valence-corrected chi connectivity index (χ3v) is 6.79. The van der Waals surface area contributed by atoms with E-state index < -0.39 is 0 Å². The number of carbonyl (C=O) groups excluding carboxylic acids is 1. The summed E-state index contributed by atoms with van der Waals surface area (Å²) in [6.07, 6.45) is 3.16. The third kappa shape index (κ3) is 6.84. The molecule has 1 saturated heterocycles. The summed E-state index contributed by atoms with van der Waals surface area (Å²) in [6, 6.07) is 13.8. The van der Waals surface area contributed by atoms with E-state index in [1.54, 1.807) is 0 Å².